The Hall–Kier alpha value is -3.96. The molecule has 1 atom stereocenters. The van der Waals surface area contributed by atoms with Crippen molar-refractivity contribution in [1.29, 1.82) is 0 Å². The molecule has 0 spiro atoms. The molecule has 5 nitrogen and oxygen atoms in total. The van der Waals surface area contributed by atoms with Gasteiger partial charge in [-0.05, 0) is 66.1 Å². The van der Waals surface area contributed by atoms with E-state index in [1.54, 1.807) is 22.8 Å². The van der Waals surface area contributed by atoms with Crippen LogP contribution in [0.25, 0.3) is 27.4 Å². The first-order valence-electron chi connectivity index (χ1n) is 14.1. The average Bonchev–Trinajstić information content (AvgIpc) is 2.99. The minimum absolute atomic E-state index is 0.0507. The van der Waals surface area contributed by atoms with E-state index in [1.165, 1.54) is 0 Å². The summed E-state index contributed by atoms with van der Waals surface area (Å²) in [5.74, 6) is 0.503. The largest absolute Gasteiger partial charge is 0.328 e. The van der Waals surface area contributed by atoms with Crippen LogP contribution >= 0.6 is 11.6 Å². The molecule has 1 heterocycles. The summed E-state index contributed by atoms with van der Waals surface area (Å²) in [6.45, 7) is 4.80. The summed E-state index contributed by atoms with van der Waals surface area (Å²) in [6, 6.07) is 28.0. The van der Waals surface area contributed by atoms with Gasteiger partial charge in [-0.3, -0.25) is 14.2 Å². The second-order valence-electron chi connectivity index (χ2n) is 10.1. The maximum Gasteiger partial charge on any atom is 0.266 e. The number of hydrogen-bond donors (Lipinski definition) is 0. The number of halogens is 1. The first kappa shape index (κ1) is 27.6. The predicted octanol–water partition coefficient (Wildman–Crippen LogP) is 8.37. The standard InChI is InChI=1S/C34H34ClN3O2/c1-3-5-6-11-23-37(33(39)28-17-12-14-24-13-7-8-15-27(24)28)31(4-2)32-36-30-18-10-9-16-29(30)34(40)38(32)26-21-19-25(35)20-22-26/h7-10,12-22,31H,3-6,11,23H2,1-2H3. The molecule has 6 heteroatoms. The van der Waals surface area contributed by atoms with E-state index in [9.17, 15) is 9.59 Å². The number of para-hydroxylation sites is 1. The van der Waals surface area contributed by atoms with E-state index in [2.05, 4.69) is 6.92 Å². The molecule has 0 radical (unpaired) electrons. The van der Waals surface area contributed by atoms with Crippen LogP contribution in [-0.2, 0) is 0 Å². The number of rotatable bonds is 10. The summed E-state index contributed by atoms with van der Waals surface area (Å²) in [5, 5.41) is 3.06. The Kier molecular flexibility index (Phi) is 8.61. The highest BCUT2D eigenvalue weighted by molar-refractivity contribution is 6.30. The van der Waals surface area contributed by atoms with Crippen LogP contribution in [0.2, 0.25) is 5.02 Å². The molecule has 5 rings (SSSR count). The molecular formula is C34H34ClN3O2. The molecule has 0 fully saturated rings. The van der Waals surface area contributed by atoms with Crippen molar-refractivity contribution in [1.82, 2.24) is 14.5 Å². The summed E-state index contributed by atoms with van der Waals surface area (Å²) in [7, 11) is 0. The van der Waals surface area contributed by atoms with Gasteiger partial charge in [0.15, 0.2) is 0 Å². The molecule has 0 aliphatic carbocycles. The molecule has 1 unspecified atom stereocenters. The van der Waals surface area contributed by atoms with E-state index in [4.69, 9.17) is 16.6 Å². The molecule has 0 saturated carbocycles. The third-order valence-corrected chi connectivity index (χ3v) is 7.73. The zero-order chi connectivity index (χ0) is 28.1. The number of unbranched alkanes of at least 4 members (excludes halogenated alkanes) is 3. The number of carbonyl (C=O) groups is 1. The summed E-state index contributed by atoms with van der Waals surface area (Å²) in [5.41, 5.74) is 1.79. The lowest BCUT2D eigenvalue weighted by atomic mass is 10.0. The van der Waals surface area contributed by atoms with Gasteiger partial charge in [0, 0.05) is 17.1 Å². The minimum atomic E-state index is -0.416. The Labute approximate surface area is 240 Å². The highest BCUT2D eigenvalue weighted by Gasteiger charge is 2.30. The highest BCUT2D eigenvalue weighted by atomic mass is 35.5. The molecule has 40 heavy (non-hydrogen) atoms. The van der Waals surface area contributed by atoms with Gasteiger partial charge < -0.3 is 4.90 Å². The molecule has 0 aliphatic heterocycles. The van der Waals surface area contributed by atoms with Gasteiger partial charge in [-0.1, -0.05) is 93.2 Å². The van der Waals surface area contributed by atoms with Crippen LogP contribution in [-0.4, -0.2) is 26.9 Å². The van der Waals surface area contributed by atoms with Gasteiger partial charge in [0.05, 0.1) is 22.6 Å². The third-order valence-electron chi connectivity index (χ3n) is 7.48. The van der Waals surface area contributed by atoms with E-state index in [1.807, 2.05) is 84.6 Å². The zero-order valence-electron chi connectivity index (χ0n) is 23.0. The molecule has 5 aromatic rings. The van der Waals surface area contributed by atoms with E-state index in [0.29, 0.717) is 46.0 Å². The number of nitrogens with zero attached hydrogens (tertiary/aromatic N) is 3. The van der Waals surface area contributed by atoms with Crippen LogP contribution in [0.3, 0.4) is 0 Å². The van der Waals surface area contributed by atoms with Crippen LogP contribution in [0, 0.1) is 0 Å². The third kappa shape index (κ3) is 5.52. The number of fused-ring (bicyclic) bond motifs is 2. The Bertz CT molecular complexity index is 1690. The van der Waals surface area contributed by atoms with Gasteiger partial charge in [-0.25, -0.2) is 4.98 Å². The fraction of sp³-hybridized carbons (Fsp3) is 0.265. The van der Waals surface area contributed by atoms with Crippen molar-refractivity contribution in [3.8, 4) is 5.69 Å². The van der Waals surface area contributed by atoms with Crippen molar-refractivity contribution >= 4 is 39.2 Å². The Morgan fingerprint density at radius 1 is 0.850 bits per heavy atom. The van der Waals surface area contributed by atoms with Gasteiger partial charge in [0.1, 0.15) is 5.82 Å². The maximum atomic E-state index is 14.4. The average molecular weight is 552 g/mol. The lowest BCUT2D eigenvalue weighted by Crippen LogP contribution is -2.39. The van der Waals surface area contributed by atoms with E-state index >= 15 is 0 Å². The summed E-state index contributed by atoms with van der Waals surface area (Å²) < 4.78 is 1.66. The molecule has 4 aromatic carbocycles. The predicted molar refractivity (Wildman–Crippen MR) is 165 cm³/mol. The molecule has 0 aliphatic rings. The summed E-state index contributed by atoms with van der Waals surface area (Å²) >= 11 is 6.20. The molecule has 1 amide bonds. The van der Waals surface area contributed by atoms with Gasteiger partial charge >= 0.3 is 0 Å². The molecule has 1 aromatic heterocycles. The Morgan fingerprint density at radius 3 is 2.30 bits per heavy atom. The number of aromatic nitrogens is 2. The summed E-state index contributed by atoms with van der Waals surface area (Å²) in [4.78, 5) is 35.4. The number of hydrogen-bond acceptors (Lipinski definition) is 3. The van der Waals surface area contributed by atoms with Gasteiger partial charge in [-0.2, -0.15) is 0 Å². The molecule has 0 N–H and O–H groups in total. The molecule has 0 bridgehead atoms. The van der Waals surface area contributed by atoms with Crippen LogP contribution in [0.15, 0.2) is 95.8 Å². The van der Waals surface area contributed by atoms with Crippen molar-refractivity contribution in [2.45, 2.75) is 52.0 Å². The van der Waals surface area contributed by atoms with E-state index in [-0.39, 0.29) is 11.5 Å². The Balaban J connectivity index is 1.69. The normalized spacial score (nSPS) is 12.1. The molecular weight excluding hydrogens is 518 g/mol. The van der Waals surface area contributed by atoms with Crippen LogP contribution < -0.4 is 5.56 Å². The van der Waals surface area contributed by atoms with Crippen LogP contribution in [0.4, 0.5) is 0 Å². The number of benzene rings is 4. The minimum Gasteiger partial charge on any atom is -0.328 e. The monoisotopic (exact) mass is 551 g/mol. The van der Waals surface area contributed by atoms with Gasteiger partial charge in [0.25, 0.3) is 11.5 Å². The molecule has 204 valence electrons. The number of amides is 1. The van der Waals surface area contributed by atoms with Crippen molar-refractivity contribution in [2.24, 2.45) is 0 Å². The topological polar surface area (TPSA) is 55.2 Å². The van der Waals surface area contributed by atoms with E-state index < -0.39 is 6.04 Å². The summed E-state index contributed by atoms with van der Waals surface area (Å²) in [6.07, 6.45) is 4.72. The van der Waals surface area contributed by atoms with Crippen molar-refractivity contribution in [3.05, 3.63) is 118 Å². The van der Waals surface area contributed by atoms with Crippen LogP contribution in [0.5, 0.6) is 0 Å². The SMILES string of the molecule is CCCCCCN(C(=O)c1cccc2ccccc12)C(CC)c1nc2ccccc2c(=O)n1-c1ccc(Cl)cc1. The van der Waals surface area contributed by atoms with Gasteiger partial charge in [0.2, 0.25) is 0 Å². The fourth-order valence-corrected chi connectivity index (χ4v) is 5.56. The Morgan fingerprint density at radius 2 is 1.55 bits per heavy atom. The first-order valence-corrected chi connectivity index (χ1v) is 14.5. The highest BCUT2D eigenvalue weighted by Crippen LogP contribution is 2.30. The van der Waals surface area contributed by atoms with Crippen molar-refractivity contribution < 1.29 is 4.79 Å². The van der Waals surface area contributed by atoms with Crippen molar-refractivity contribution in [2.75, 3.05) is 6.54 Å². The second-order valence-corrected chi connectivity index (χ2v) is 10.6. The number of carbonyl (C=O) groups excluding carboxylic acids is 1. The zero-order valence-corrected chi connectivity index (χ0v) is 23.8. The second kappa shape index (κ2) is 12.5. The van der Waals surface area contributed by atoms with Gasteiger partial charge in [-0.15, -0.1) is 0 Å². The fourth-order valence-electron chi connectivity index (χ4n) is 5.43. The lowest BCUT2D eigenvalue weighted by Gasteiger charge is -2.33. The smallest absolute Gasteiger partial charge is 0.266 e. The molecule has 0 saturated heterocycles. The van der Waals surface area contributed by atoms with E-state index in [0.717, 1.165) is 36.5 Å². The lowest BCUT2D eigenvalue weighted by molar-refractivity contribution is 0.0657. The van der Waals surface area contributed by atoms with Crippen molar-refractivity contribution in [3.63, 3.8) is 0 Å². The quantitative estimate of drug-likeness (QED) is 0.164. The van der Waals surface area contributed by atoms with Crippen LogP contribution in [0.1, 0.15) is 68.2 Å². The maximum absolute atomic E-state index is 14.4. The first-order chi connectivity index (χ1) is 19.5.